The molecule has 0 amide bonds. The van der Waals surface area contributed by atoms with Crippen molar-refractivity contribution in [2.75, 3.05) is 14.1 Å². The van der Waals surface area contributed by atoms with Gasteiger partial charge in [0.2, 0.25) is 0 Å². The van der Waals surface area contributed by atoms with E-state index in [0.717, 1.165) is 17.9 Å². The lowest BCUT2D eigenvalue weighted by Gasteiger charge is -2.21. The van der Waals surface area contributed by atoms with Crippen LogP contribution in [-0.4, -0.2) is 24.8 Å². The highest BCUT2D eigenvalue weighted by molar-refractivity contribution is 6.42. The molecule has 0 radical (unpaired) electrons. The van der Waals surface area contributed by atoms with Crippen molar-refractivity contribution in [2.24, 2.45) is 10.9 Å². The van der Waals surface area contributed by atoms with Crippen molar-refractivity contribution in [3.8, 4) is 0 Å². The predicted molar refractivity (Wildman–Crippen MR) is 76.7 cm³/mol. The minimum Gasteiger partial charge on any atom is -0.366 e. The normalized spacial score (nSPS) is 13.6. The fraction of sp³-hybridized carbons (Fsp3) is 0.462. The summed E-state index contributed by atoms with van der Waals surface area (Å²) in [6, 6.07) is 5.43. The lowest BCUT2D eigenvalue weighted by Crippen LogP contribution is -2.27. The third-order valence-electron chi connectivity index (χ3n) is 2.66. The summed E-state index contributed by atoms with van der Waals surface area (Å²) in [6.45, 7) is 4.31. The first-order valence-corrected chi connectivity index (χ1v) is 6.42. The molecule has 1 aromatic rings. The van der Waals surface area contributed by atoms with E-state index in [1.807, 2.05) is 25.1 Å². The molecule has 0 aliphatic carbocycles. The van der Waals surface area contributed by atoms with E-state index in [-0.39, 0.29) is 0 Å². The van der Waals surface area contributed by atoms with Gasteiger partial charge in [-0.1, -0.05) is 37.0 Å². The summed E-state index contributed by atoms with van der Waals surface area (Å²) in [6.07, 6.45) is 1.05. The Labute approximate surface area is 113 Å². The summed E-state index contributed by atoms with van der Waals surface area (Å²) in [5, 5.41) is 1.09. The molecule has 0 saturated carbocycles. The van der Waals surface area contributed by atoms with Gasteiger partial charge in [-0.3, -0.25) is 0 Å². The molecule has 0 unspecified atom stereocenters. The molecule has 17 heavy (non-hydrogen) atoms. The number of hydrogen-bond acceptors (Lipinski definition) is 1. The van der Waals surface area contributed by atoms with Crippen LogP contribution in [0.2, 0.25) is 10.0 Å². The van der Waals surface area contributed by atoms with Gasteiger partial charge in [-0.05, 0) is 24.6 Å². The van der Waals surface area contributed by atoms with Gasteiger partial charge in [0.25, 0.3) is 0 Å². The first-order chi connectivity index (χ1) is 7.95. The summed E-state index contributed by atoms with van der Waals surface area (Å²) in [7, 11) is 4.00. The SMILES string of the molecule is CC[C@H](C)C(=Nc1ccc(Cl)c(Cl)c1)N(C)C. The van der Waals surface area contributed by atoms with Crippen LogP contribution in [0.15, 0.2) is 23.2 Å². The smallest absolute Gasteiger partial charge is 0.107 e. The summed E-state index contributed by atoms with van der Waals surface area (Å²) in [5.74, 6) is 1.46. The highest BCUT2D eigenvalue weighted by Gasteiger charge is 2.11. The summed E-state index contributed by atoms with van der Waals surface area (Å²) < 4.78 is 0. The van der Waals surface area contributed by atoms with E-state index in [4.69, 9.17) is 23.2 Å². The number of nitrogens with zero attached hydrogens (tertiary/aromatic N) is 2. The molecule has 1 aromatic carbocycles. The summed E-state index contributed by atoms with van der Waals surface area (Å²) in [4.78, 5) is 6.67. The van der Waals surface area contributed by atoms with E-state index in [9.17, 15) is 0 Å². The molecule has 4 heteroatoms. The molecule has 94 valence electrons. The fourth-order valence-corrected chi connectivity index (χ4v) is 1.81. The molecule has 0 aliphatic rings. The van der Waals surface area contributed by atoms with Gasteiger partial charge in [0.05, 0.1) is 15.7 Å². The lowest BCUT2D eigenvalue weighted by molar-refractivity contribution is 0.553. The Kier molecular flexibility index (Phi) is 5.29. The molecule has 1 rings (SSSR count). The average Bonchev–Trinajstić information content (AvgIpc) is 2.29. The minimum absolute atomic E-state index is 0.416. The van der Waals surface area contributed by atoms with E-state index in [1.54, 1.807) is 12.1 Å². The zero-order chi connectivity index (χ0) is 13.0. The van der Waals surface area contributed by atoms with E-state index in [0.29, 0.717) is 16.0 Å². The van der Waals surface area contributed by atoms with Gasteiger partial charge in [-0.15, -0.1) is 0 Å². The molecular weight excluding hydrogens is 255 g/mol. The standard InChI is InChI=1S/C13H18Cl2N2/c1-5-9(2)13(17(3)4)16-10-6-7-11(14)12(15)8-10/h6-9H,5H2,1-4H3/t9-/m0/s1. The second-order valence-electron chi connectivity index (χ2n) is 4.27. The van der Waals surface area contributed by atoms with Crippen molar-refractivity contribution in [1.82, 2.24) is 4.90 Å². The van der Waals surface area contributed by atoms with E-state index >= 15 is 0 Å². The molecular formula is C13H18Cl2N2. The zero-order valence-corrected chi connectivity index (χ0v) is 12.2. The molecule has 0 aromatic heterocycles. The third-order valence-corrected chi connectivity index (χ3v) is 3.40. The molecule has 0 aliphatic heterocycles. The quantitative estimate of drug-likeness (QED) is 0.579. The van der Waals surface area contributed by atoms with Gasteiger partial charge in [0.1, 0.15) is 5.84 Å². The molecule has 0 heterocycles. The predicted octanol–water partition coefficient (Wildman–Crippen LogP) is 4.63. The molecule has 0 bridgehead atoms. The van der Waals surface area contributed by atoms with Crippen LogP contribution in [0, 0.1) is 5.92 Å². The van der Waals surface area contributed by atoms with Crippen molar-refractivity contribution >= 4 is 34.7 Å². The molecule has 0 N–H and O–H groups in total. The van der Waals surface area contributed by atoms with Crippen molar-refractivity contribution < 1.29 is 0 Å². The second-order valence-corrected chi connectivity index (χ2v) is 5.09. The van der Waals surface area contributed by atoms with Crippen LogP contribution < -0.4 is 0 Å². The number of amidine groups is 1. The van der Waals surface area contributed by atoms with Crippen LogP contribution in [0.5, 0.6) is 0 Å². The molecule has 0 spiro atoms. The largest absolute Gasteiger partial charge is 0.366 e. The Bertz CT molecular complexity index is 414. The molecule has 2 nitrogen and oxygen atoms in total. The summed E-state index contributed by atoms with van der Waals surface area (Å²) >= 11 is 11.9. The third kappa shape index (κ3) is 3.90. The molecule has 0 saturated heterocycles. The lowest BCUT2D eigenvalue weighted by atomic mass is 10.1. The number of benzene rings is 1. The average molecular weight is 273 g/mol. The van der Waals surface area contributed by atoms with Gasteiger partial charge in [0, 0.05) is 20.0 Å². The van der Waals surface area contributed by atoms with Gasteiger partial charge >= 0.3 is 0 Å². The van der Waals surface area contributed by atoms with Crippen LogP contribution >= 0.6 is 23.2 Å². The Morgan fingerprint density at radius 3 is 2.41 bits per heavy atom. The number of hydrogen-bond donors (Lipinski definition) is 0. The van der Waals surface area contributed by atoms with Crippen LogP contribution in [0.1, 0.15) is 20.3 Å². The van der Waals surface area contributed by atoms with E-state index in [2.05, 4.69) is 18.8 Å². The number of rotatable bonds is 3. The van der Waals surface area contributed by atoms with E-state index < -0.39 is 0 Å². The zero-order valence-electron chi connectivity index (χ0n) is 10.7. The molecule has 0 fully saturated rings. The van der Waals surface area contributed by atoms with Gasteiger partial charge in [-0.25, -0.2) is 4.99 Å². The maximum absolute atomic E-state index is 5.98. The van der Waals surface area contributed by atoms with Gasteiger partial charge in [-0.2, -0.15) is 0 Å². The Morgan fingerprint density at radius 2 is 1.94 bits per heavy atom. The maximum Gasteiger partial charge on any atom is 0.107 e. The second kappa shape index (κ2) is 6.27. The van der Waals surface area contributed by atoms with Crippen LogP contribution in [0.4, 0.5) is 5.69 Å². The van der Waals surface area contributed by atoms with Crippen molar-refractivity contribution in [1.29, 1.82) is 0 Å². The molecule has 1 atom stereocenters. The Morgan fingerprint density at radius 1 is 1.29 bits per heavy atom. The van der Waals surface area contributed by atoms with Crippen LogP contribution in [0.3, 0.4) is 0 Å². The van der Waals surface area contributed by atoms with Crippen molar-refractivity contribution in [3.63, 3.8) is 0 Å². The Hall–Kier alpha value is -0.730. The summed E-state index contributed by atoms with van der Waals surface area (Å²) in [5.41, 5.74) is 0.836. The van der Waals surface area contributed by atoms with Gasteiger partial charge < -0.3 is 4.90 Å². The van der Waals surface area contributed by atoms with Gasteiger partial charge in [0.15, 0.2) is 0 Å². The number of aliphatic imine (C=N–C) groups is 1. The van der Waals surface area contributed by atoms with E-state index in [1.165, 1.54) is 0 Å². The van der Waals surface area contributed by atoms with Crippen LogP contribution in [0.25, 0.3) is 0 Å². The van der Waals surface area contributed by atoms with Crippen LogP contribution in [-0.2, 0) is 0 Å². The Balaban J connectivity index is 3.08. The first-order valence-electron chi connectivity index (χ1n) is 5.66. The highest BCUT2D eigenvalue weighted by atomic mass is 35.5. The monoisotopic (exact) mass is 272 g/mol. The maximum atomic E-state index is 5.98. The van der Waals surface area contributed by atoms with Crippen molar-refractivity contribution in [2.45, 2.75) is 20.3 Å². The first kappa shape index (κ1) is 14.3. The highest BCUT2D eigenvalue weighted by Crippen LogP contribution is 2.27. The van der Waals surface area contributed by atoms with Crippen molar-refractivity contribution in [3.05, 3.63) is 28.2 Å². The number of halogens is 2. The fourth-order valence-electron chi connectivity index (χ4n) is 1.52. The minimum atomic E-state index is 0.416. The topological polar surface area (TPSA) is 15.6 Å².